The second-order valence-electron chi connectivity index (χ2n) is 7.38. The number of carbonyl (C=O) groups is 1. The highest BCUT2D eigenvalue weighted by molar-refractivity contribution is 5.84. The molecule has 0 aromatic heterocycles. The number of hydrogen-bond donors (Lipinski definition) is 1. The van der Waals surface area contributed by atoms with E-state index in [1.807, 2.05) is 19.9 Å². The van der Waals surface area contributed by atoms with Gasteiger partial charge >= 0.3 is 12.4 Å². The summed E-state index contributed by atoms with van der Waals surface area (Å²) in [6.07, 6.45) is -0.402. The van der Waals surface area contributed by atoms with E-state index in [2.05, 4.69) is 9.73 Å². The molecule has 0 saturated heterocycles. The van der Waals surface area contributed by atoms with Crippen LogP contribution in [-0.4, -0.2) is 53.4 Å². The quantitative estimate of drug-likeness (QED) is 0.386. The molecule has 0 spiro atoms. The number of aliphatic hydroxyl groups is 1. The van der Waals surface area contributed by atoms with Crippen LogP contribution in [0.4, 0.5) is 18.0 Å². The lowest BCUT2D eigenvalue weighted by atomic mass is 10.1. The number of nitrogens with zero attached hydrogens (tertiary/aromatic N) is 3. The van der Waals surface area contributed by atoms with Crippen LogP contribution in [0.25, 0.3) is 0 Å². The van der Waals surface area contributed by atoms with Crippen LogP contribution >= 0.6 is 0 Å². The number of aliphatic hydroxyl groups excluding tert-OH is 1. The molecule has 1 aliphatic heterocycles. The number of ether oxygens (including phenoxy) is 2. The van der Waals surface area contributed by atoms with E-state index in [0.717, 1.165) is 30.2 Å². The second-order valence-corrected chi connectivity index (χ2v) is 7.38. The highest BCUT2D eigenvalue weighted by Crippen LogP contribution is 2.31. The van der Waals surface area contributed by atoms with Gasteiger partial charge in [-0.25, -0.2) is 4.79 Å². The maximum atomic E-state index is 13.0. The molecule has 10 heteroatoms. The summed E-state index contributed by atoms with van der Waals surface area (Å²) in [4.78, 5) is 20.6. The summed E-state index contributed by atoms with van der Waals surface area (Å²) in [5.41, 5.74) is 1.48. The van der Waals surface area contributed by atoms with Crippen LogP contribution < -0.4 is 9.47 Å². The smallest absolute Gasteiger partial charge is 0.443 e. The van der Waals surface area contributed by atoms with Gasteiger partial charge in [0.15, 0.2) is 5.90 Å². The number of unbranched alkanes of at least 4 members (excludes halogenated alkanes) is 1. The third-order valence-corrected chi connectivity index (χ3v) is 4.82. The Hall–Kier alpha value is -3.01. The van der Waals surface area contributed by atoms with Gasteiger partial charge in [-0.1, -0.05) is 32.4 Å². The number of hydrogen-bond acceptors (Lipinski definition) is 5. The molecule has 0 fully saturated rings. The van der Waals surface area contributed by atoms with E-state index in [1.54, 1.807) is 18.9 Å². The van der Waals surface area contributed by atoms with Crippen LogP contribution in [0.2, 0.25) is 0 Å². The van der Waals surface area contributed by atoms with E-state index in [-0.39, 0.29) is 24.3 Å². The predicted molar refractivity (Wildman–Crippen MR) is 119 cm³/mol. The van der Waals surface area contributed by atoms with E-state index in [4.69, 9.17) is 4.74 Å². The third-order valence-electron chi connectivity index (χ3n) is 4.82. The van der Waals surface area contributed by atoms with Gasteiger partial charge in [0.2, 0.25) is 0 Å². The topological polar surface area (TPSA) is 74.6 Å². The molecule has 0 aliphatic carbocycles. The summed E-state index contributed by atoms with van der Waals surface area (Å²) in [6.45, 7) is 6.00. The van der Waals surface area contributed by atoms with Gasteiger partial charge in [0.05, 0.1) is 0 Å². The van der Waals surface area contributed by atoms with Gasteiger partial charge in [0.25, 0.3) is 0 Å². The number of urea groups is 1. The normalized spacial score (nSPS) is 16.7. The number of halogens is 3. The maximum Gasteiger partial charge on any atom is 0.573 e. The minimum Gasteiger partial charge on any atom is -0.443 e. The Labute approximate surface area is 191 Å². The van der Waals surface area contributed by atoms with Crippen molar-refractivity contribution in [2.24, 2.45) is 4.99 Å². The Bertz CT molecular complexity index is 926. The molecule has 0 unspecified atom stereocenters. The molecule has 0 atom stereocenters. The first-order valence-corrected chi connectivity index (χ1v) is 10.8. The molecule has 0 radical (unpaired) electrons. The van der Waals surface area contributed by atoms with Crippen LogP contribution in [0.5, 0.6) is 11.5 Å². The Morgan fingerprint density at radius 3 is 2.55 bits per heavy atom. The molecular formula is C23H30F3N3O4. The molecule has 7 nitrogen and oxygen atoms in total. The second kappa shape index (κ2) is 11.7. The van der Waals surface area contributed by atoms with Gasteiger partial charge in [-0.3, -0.25) is 9.80 Å². The number of allylic oxidation sites excluding steroid dienone is 2. The van der Waals surface area contributed by atoms with Crippen molar-refractivity contribution in [3.63, 3.8) is 0 Å². The number of alkyl halides is 3. The Balaban J connectivity index is 2.40. The zero-order chi connectivity index (χ0) is 24.6. The van der Waals surface area contributed by atoms with Crippen molar-refractivity contribution in [3.05, 3.63) is 47.4 Å². The van der Waals surface area contributed by atoms with E-state index in [1.165, 1.54) is 23.1 Å². The largest absolute Gasteiger partial charge is 0.573 e. The molecule has 2 rings (SSSR count). The van der Waals surface area contributed by atoms with Crippen LogP contribution in [0, 0.1) is 0 Å². The number of aliphatic imine (C=N–C) groups is 1. The van der Waals surface area contributed by atoms with Crippen molar-refractivity contribution in [3.8, 4) is 11.5 Å². The molecule has 0 saturated carbocycles. The fourth-order valence-corrected chi connectivity index (χ4v) is 3.25. The summed E-state index contributed by atoms with van der Waals surface area (Å²) in [7, 11) is 1.60. The zero-order valence-corrected chi connectivity index (χ0v) is 19.3. The lowest BCUT2D eigenvalue weighted by molar-refractivity contribution is -0.274. The van der Waals surface area contributed by atoms with Crippen LogP contribution in [0.1, 0.15) is 46.5 Å². The van der Waals surface area contributed by atoms with Gasteiger partial charge in [-0.2, -0.15) is 4.99 Å². The number of carbonyl (C=O) groups excluding carboxylic acids is 1. The Morgan fingerprint density at radius 1 is 1.24 bits per heavy atom. The molecular weight excluding hydrogens is 439 g/mol. The monoisotopic (exact) mass is 469 g/mol. The predicted octanol–water partition coefficient (Wildman–Crippen LogP) is 5.44. The molecule has 1 aromatic rings. The SMILES string of the molecule is CCC/C=C1/C(C)=C(N=C(CC)Oc2cccc(OC(F)(F)F)c2)N(C)C(=O)N1CCCO. The summed E-state index contributed by atoms with van der Waals surface area (Å²) in [5.74, 6) is 0.348. The highest BCUT2D eigenvalue weighted by Gasteiger charge is 2.33. The average Bonchev–Trinajstić information content (AvgIpc) is 2.75. The molecule has 1 heterocycles. The van der Waals surface area contributed by atoms with E-state index in [9.17, 15) is 23.1 Å². The van der Waals surface area contributed by atoms with Gasteiger partial charge in [0.1, 0.15) is 17.3 Å². The molecule has 0 bridgehead atoms. The Morgan fingerprint density at radius 2 is 1.94 bits per heavy atom. The number of benzene rings is 1. The highest BCUT2D eigenvalue weighted by atomic mass is 19.4. The average molecular weight is 470 g/mol. The lowest BCUT2D eigenvalue weighted by Gasteiger charge is -2.36. The van der Waals surface area contributed by atoms with Crippen molar-refractivity contribution < 1.29 is 32.5 Å². The fraction of sp³-hybridized carbons (Fsp3) is 0.478. The summed E-state index contributed by atoms with van der Waals surface area (Å²) < 4.78 is 47.2. The summed E-state index contributed by atoms with van der Waals surface area (Å²) >= 11 is 0. The third kappa shape index (κ3) is 7.24. The Kier molecular flexibility index (Phi) is 9.33. The van der Waals surface area contributed by atoms with Gasteiger partial charge in [0, 0.05) is 44.0 Å². The number of rotatable bonds is 9. The minimum absolute atomic E-state index is 0.0345. The molecule has 1 aromatic carbocycles. The minimum atomic E-state index is -4.81. The summed E-state index contributed by atoms with van der Waals surface area (Å²) in [6, 6.07) is 4.89. The van der Waals surface area contributed by atoms with E-state index >= 15 is 0 Å². The van der Waals surface area contributed by atoms with Gasteiger partial charge in [-0.15, -0.1) is 13.2 Å². The van der Waals surface area contributed by atoms with E-state index in [0.29, 0.717) is 25.2 Å². The maximum absolute atomic E-state index is 13.0. The van der Waals surface area contributed by atoms with Crippen molar-refractivity contribution in [1.29, 1.82) is 0 Å². The molecule has 33 heavy (non-hydrogen) atoms. The zero-order valence-electron chi connectivity index (χ0n) is 19.3. The van der Waals surface area contributed by atoms with Crippen LogP contribution in [-0.2, 0) is 0 Å². The van der Waals surface area contributed by atoms with E-state index < -0.39 is 12.1 Å². The molecule has 1 aliphatic rings. The van der Waals surface area contributed by atoms with Crippen molar-refractivity contribution in [1.82, 2.24) is 9.80 Å². The van der Waals surface area contributed by atoms with Crippen LogP contribution in [0.3, 0.4) is 0 Å². The number of amides is 2. The standard InChI is InChI=1S/C23H30F3N3O4/c1-5-7-12-19-16(3)21(28(4)22(31)29(19)13-9-14-30)27-20(6-2)32-17-10-8-11-18(15-17)33-23(24,25)26/h8,10-12,15,30H,5-7,9,13-14H2,1-4H3/b19-12-,27-20?. The summed E-state index contributed by atoms with van der Waals surface area (Å²) in [5, 5.41) is 9.21. The van der Waals surface area contributed by atoms with Crippen molar-refractivity contribution in [2.75, 3.05) is 20.2 Å². The molecule has 182 valence electrons. The van der Waals surface area contributed by atoms with Gasteiger partial charge in [-0.05, 0) is 31.9 Å². The first kappa shape index (κ1) is 26.2. The molecule has 1 N–H and O–H groups in total. The van der Waals surface area contributed by atoms with Gasteiger partial charge < -0.3 is 14.6 Å². The lowest BCUT2D eigenvalue weighted by Crippen LogP contribution is -2.45. The van der Waals surface area contributed by atoms with Crippen LogP contribution in [0.15, 0.2) is 52.4 Å². The fourth-order valence-electron chi connectivity index (χ4n) is 3.25. The van der Waals surface area contributed by atoms with Crippen molar-refractivity contribution in [2.45, 2.75) is 52.8 Å². The molecule has 2 amide bonds. The first-order chi connectivity index (χ1) is 15.6. The first-order valence-electron chi connectivity index (χ1n) is 10.8. The van der Waals surface area contributed by atoms with Crippen molar-refractivity contribution >= 4 is 11.9 Å².